The van der Waals surface area contributed by atoms with Gasteiger partial charge in [0.1, 0.15) is 11.9 Å². The summed E-state index contributed by atoms with van der Waals surface area (Å²) in [7, 11) is 0. The highest BCUT2D eigenvalue weighted by Crippen LogP contribution is 2.22. The van der Waals surface area contributed by atoms with Crippen molar-refractivity contribution in [3.63, 3.8) is 0 Å². The molecular formula is C10H15N3O2S. The van der Waals surface area contributed by atoms with Crippen LogP contribution in [0.25, 0.3) is 0 Å². The molecule has 88 valence electrons. The maximum Gasteiger partial charge on any atom is 0.310 e. The van der Waals surface area contributed by atoms with Crippen molar-refractivity contribution in [3.8, 4) is 0 Å². The van der Waals surface area contributed by atoms with E-state index in [1.54, 1.807) is 24.0 Å². The van der Waals surface area contributed by atoms with Crippen LogP contribution in [0.5, 0.6) is 0 Å². The fourth-order valence-electron chi connectivity index (χ4n) is 1.21. The number of nitrogens with one attached hydrogen (secondary N) is 1. The highest BCUT2D eigenvalue weighted by Gasteiger charge is 2.12. The zero-order chi connectivity index (χ0) is 12.0. The average molecular weight is 241 g/mol. The Kier molecular flexibility index (Phi) is 5.04. The lowest BCUT2D eigenvalue weighted by atomic mass is 10.3. The van der Waals surface area contributed by atoms with E-state index in [9.17, 15) is 10.1 Å². The first kappa shape index (κ1) is 12.8. The molecule has 16 heavy (non-hydrogen) atoms. The van der Waals surface area contributed by atoms with Gasteiger partial charge in [-0.25, -0.2) is 0 Å². The van der Waals surface area contributed by atoms with Crippen molar-refractivity contribution in [2.75, 3.05) is 18.1 Å². The molecule has 5 nitrogen and oxygen atoms in total. The van der Waals surface area contributed by atoms with Crippen LogP contribution in [0.2, 0.25) is 0 Å². The molecule has 0 radical (unpaired) electrons. The van der Waals surface area contributed by atoms with E-state index in [0.29, 0.717) is 10.9 Å². The molecule has 0 aliphatic heterocycles. The first-order valence-electron chi connectivity index (χ1n) is 5.00. The van der Waals surface area contributed by atoms with E-state index >= 15 is 0 Å². The molecule has 6 heteroatoms. The summed E-state index contributed by atoms with van der Waals surface area (Å²) in [6, 6.07) is 1.63. The topological polar surface area (TPSA) is 68.1 Å². The van der Waals surface area contributed by atoms with Crippen LogP contribution in [0.1, 0.15) is 13.3 Å². The Morgan fingerprint density at radius 1 is 1.69 bits per heavy atom. The van der Waals surface area contributed by atoms with Crippen molar-refractivity contribution in [2.24, 2.45) is 0 Å². The van der Waals surface area contributed by atoms with Crippen molar-refractivity contribution in [3.05, 3.63) is 28.6 Å². The summed E-state index contributed by atoms with van der Waals surface area (Å²) in [6.45, 7) is 2.86. The standard InChI is InChI=1S/C10H15N3O2S/c1-8(16-2)3-6-12-9-4-5-11-7-10(9)13(14)15/h4-5,7-8H,3,6H2,1-2H3,(H,11,12). The van der Waals surface area contributed by atoms with Crippen LogP contribution in [0, 0.1) is 10.1 Å². The molecule has 0 saturated carbocycles. The fourth-order valence-corrected chi connectivity index (χ4v) is 1.56. The largest absolute Gasteiger partial charge is 0.379 e. The van der Waals surface area contributed by atoms with Crippen LogP contribution < -0.4 is 5.32 Å². The number of anilines is 1. The predicted molar refractivity (Wildman–Crippen MR) is 67.0 cm³/mol. The Bertz CT molecular complexity index is 360. The Morgan fingerprint density at radius 2 is 2.44 bits per heavy atom. The van der Waals surface area contributed by atoms with Crippen LogP contribution >= 0.6 is 11.8 Å². The summed E-state index contributed by atoms with van der Waals surface area (Å²) < 4.78 is 0. The number of hydrogen-bond donors (Lipinski definition) is 1. The molecule has 1 atom stereocenters. The summed E-state index contributed by atoms with van der Waals surface area (Å²) in [6.07, 6.45) is 5.84. The molecule has 1 rings (SSSR count). The van der Waals surface area contributed by atoms with Gasteiger partial charge in [-0.3, -0.25) is 15.1 Å². The van der Waals surface area contributed by atoms with E-state index in [-0.39, 0.29) is 5.69 Å². The third-order valence-corrected chi connectivity index (χ3v) is 3.31. The summed E-state index contributed by atoms with van der Waals surface area (Å²) in [4.78, 5) is 14.0. The lowest BCUT2D eigenvalue weighted by Crippen LogP contribution is -2.09. The SMILES string of the molecule is CSC(C)CCNc1ccncc1[N+](=O)[O-]. The molecule has 0 aliphatic rings. The van der Waals surface area contributed by atoms with Crippen LogP contribution in [0.4, 0.5) is 11.4 Å². The lowest BCUT2D eigenvalue weighted by molar-refractivity contribution is -0.384. The summed E-state index contributed by atoms with van der Waals surface area (Å²) in [5.41, 5.74) is 0.563. The molecule has 0 amide bonds. The molecular weight excluding hydrogens is 226 g/mol. The number of nitro groups is 1. The maximum atomic E-state index is 10.7. The monoisotopic (exact) mass is 241 g/mol. The van der Waals surface area contributed by atoms with E-state index in [2.05, 4.69) is 23.5 Å². The zero-order valence-corrected chi connectivity index (χ0v) is 10.2. The number of pyridine rings is 1. The molecule has 1 aromatic rings. The van der Waals surface area contributed by atoms with Gasteiger partial charge in [0, 0.05) is 18.0 Å². The van der Waals surface area contributed by atoms with Gasteiger partial charge in [0.2, 0.25) is 0 Å². The number of thioether (sulfide) groups is 1. The van der Waals surface area contributed by atoms with Crippen molar-refractivity contribution < 1.29 is 4.92 Å². The van der Waals surface area contributed by atoms with E-state index in [1.807, 2.05) is 0 Å². The molecule has 1 N–H and O–H groups in total. The molecule has 0 aromatic carbocycles. The summed E-state index contributed by atoms with van der Waals surface area (Å²) in [5.74, 6) is 0. The molecule has 1 heterocycles. The van der Waals surface area contributed by atoms with Gasteiger partial charge in [0.15, 0.2) is 0 Å². The quantitative estimate of drug-likeness (QED) is 0.612. The normalized spacial score (nSPS) is 12.1. The zero-order valence-electron chi connectivity index (χ0n) is 9.34. The highest BCUT2D eigenvalue weighted by molar-refractivity contribution is 7.99. The average Bonchev–Trinajstić information content (AvgIpc) is 2.29. The molecule has 0 fully saturated rings. The van der Waals surface area contributed by atoms with Crippen LogP contribution in [0.3, 0.4) is 0 Å². The minimum absolute atomic E-state index is 0.0271. The number of nitrogens with zero attached hydrogens (tertiary/aromatic N) is 2. The number of hydrogen-bond acceptors (Lipinski definition) is 5. The number of aromatic nitrogens is 1. The van der Waals surface area contributed by atoms with E-state index in [1.165, 1.54) is 6.20 Å². The van der Waals surface area contributed by atoms with Gasteiger partial charge in [-0.05, 0) is 18.7 Å². The predicted octanol–water partition coefficient (Wildman–Crippen LogP) is 2.54. The molecule has 0 spiro atoms. The smallest absolute Gasteiger partial charge is 0.310 e. The van der Waals surface area contributed by atoms with Crippen LogP contribution in [-0.2, 0) is 0 Å². The van der Waals surface area contributed by atoms with Gasteiger partial charge >= 0.3 is 5.69 Å². The first-order valence-corrected chi connectivity index (χ1v) is 6.29. The van der Waals surface area contributed by atoms with Gasteiger partial charge in [-0.2, -0.15) is 11.8 Å². The first-order chi connectivity index (χ1) is 7.65. The Labute approximate surface area is 98.8 Å². The second-order valence-corrected chi connectivity index (χ2v) is 4.69. The summed E-state index contributed by atoms with van der Waals surface area (Å²) in [5, 5.41) is 14.3. The third-order valence-electron chi connectivity index (χ3n) is 2.27. The van der Waals surface area contributed by atoms with E-state index in [4.69, 9.17) is 0 Å². The molecule has 1 unspecified atom stereocenters. The van der Waals surface area contributed by atoms with Gasteiger partial charge in [0.05, 0.1) is 4.92 Å². The van der Waals surface area contributed by atoms with Crippen molar-refractivity contribution in [1.82, 2.24) is 4.98 Å². The third kappa shape index (κ3) is 3.69. The second kappa shape index (κ2) is 6.32. The van der Waals surface area contributed by atoms with Gasteiger partial charge in [0.25, 0.3) is 0 Å². The van der Waals surface area contributed by atoms with E-state index in [0.717, 1.165) is 13.0 Å². The Balaban J connectivity index is 2.56. The van der Waals surface area contributed by atoms with Crippen molar-refractivity contribution >= 4 is 23.1 Å². The maximum absolute atomic E-state index is 10.7. The molecule has 0 aliphatic carbocycles. The van der Waals surface area contributed by atoms with Crippen LogP contribution in [0.15, 0.2) is 18.5 Å². The highest BCUT2D eigenvalue weighted by atomic mass is 32.2. The van der Waals surface area contributed by atoms with Gasteiger partial charge in [-0.15, -0.1) is 0 Å². The Morgan fingerprint density at radius 3 is 3.06 bits per heavy atom. The minimum atomic E-state index is -0.423. The summed E-state index contributed by atoms with van der Waals surface area (Å²) >= 11 is 1.78. The molecule has 0 bridgehead atoms. The molecule has 1 aromatic heterocycles. The van der Waals surface area contributed by atoms with Crippen LogP contribution in [-0.4, -0.2) is 28.0 Å². The minimum Gasteiger partial charge on any atom is -0.379 e. The number of rotatable bonds is 6. The fraction of sp³-hybridized carbons (Fsp3) is 0.500. The van der Waals surface area contributed by atoms with Gasteiger partial charge < -0.3 is 5.32 Å². The second-order valence-electron chi connectivity index (χ2n) is 3.41. The molecule has 0 saturated heterocycles. The van der Waals surface area contributed by atoms with E-state index < -0.39 is 4.92 Å². The van der Waals surface area contributed by atoms with Crippen molar-refractivity contribution in [2.45, 2.75) is 18.6 Å². The van der Waals surface area contributed by atoms with Gasteiger partial charge in [-0.1, -0.05) is 6.92 Å². The van der Waals surface area contributed by atoms with Crippen molar-refractivity contribution in [1.29, 1.82) is 0 Å². The Hall–Kier alpha value is -1.30. The lowest BCUT2D eigenvalue weighted by Gasteiger charge is -2.09.